The zero-order valence-electron chi connectivity index (χ0n) is 10.7. The Labute approximate surface area is 111 Å². The molecule has 100 valence electrons. The Hall–Kier alpha value is -2.01. The molecule has 3 rings (SSSR count). The molecule has 1 aromatic carbocycles. The number of ether oxygens (including phenoxy) is 2. The van der Waals surface area contributed by atoms with Crippen molar-refractivity contribution in [1.29, 1.82) is 0 Å². The lowest BCUT2D eigenvalue weighted by molar-refractivity contribution is 0.140. The smallest absolute Gasteiger partial charge is 0.129 e. The summed E-state index contributed by atoms with van der Waals surface area (Å²) in [5.41, 5.74) is 0.830. The summed E-state index contributed by atoms with van der Waals surface area (Å²) in [5.74, 6) is 2.46. The summed E-state index contributed by atoms with van der Waals surface area (Å²) in [6.07, 6.45) is 3.93. The predicted octanol–water partition coefficient (Wildman–Crippen LogP) is 1.47. The zero-order chi connectivity index (χ0) is 13.2. The van der Waals surface area contributed by atoms with Gasteiger partial charge < -0.3 is 19.1 Å². The molecule has 1 aliphatic rings. The Bertz CT molecular complexity index is 580. The van der Waals surface area contributed by atoms with Crippen LogP contribution in [-0.4, -0.2) is 27.9 Å². The van der Waals surface area contributed by atoms with Gasteiger partial charge in [0.15, 0.2) is 0 Å². The fraction of sp³-hybridized carbons (Fsp3) is 0.357. The molecule has 19 heavy (non-hydrogen) atoms. The maximum absolute atomic E-state index is 9.63. The van der Waals surface area contributed by atoms with Gasteiger partial charge in [0.2, 0.25) is 0 Å². The summed E-state index contributed by atoms with van der Waals surface area (Å²) in [4.78, 5) is 4.24. The SMILES string of the molecule is Cn1ccnc1CCOc1ccc2c(c1)OCC2O. The first-order chi connectivity index (χ1) is 9.24. The van der Waals surface area contributed by atoms with Gasteiger partial charge in [-0.1, -0.05) is 0 Å². The lowest BCUT2D eigenvalue weighted by Gasteiger charge is -2.08. The first-order valence-electron chi connectivity index (χ1n) is 6.28. The Kier molecular flexibility index (Phi) is 3.13. The van der Waals surface area contributed by atoms with E-state index in [0.717, 1.165) is 23.6 Å². The molecule has 0 spiro atoms. The fourth-order valence-electron chi connectivity index (χ4n) is 2.16. The average molecular weight is 260 g/mol. The summed E-state index contributed by atoms with van der Waals surface area (Å²) in [7, 11) is 1.97. The zero-order valence-corrected chi connectivity index (χ0v) is 10.7. The van der Waals surface area contributed by atoms with Gasteiger partial charge in [0.05, 0.1) is 6.61 Å². The molecule has 2 aromatic rings. The molecule has 0 saturated heterocycles. The number of benzene rings is 1. The largest absolute Gasteiger partial charge is 0.493 e. The van der Waals surface area contributed by atoms with E-state index in [1.165, 1.54) is 0 Å². The number of aromatic nitrogens is 2. The van der Waals surface area contributed by atoms with Crippen LogP contribution >= 0.6 is 0 Å². The van der Waals surface area contributed by atoms with Crippen molar-refractivity contribution in [3.05, 3.63) is 42.0 Å². The van der Waals surface area contributed by atoms with Crippen LogP contribution in [0.4, 0.5) is 0 Å². The fourth-order valence-corrected chi connectivity index (χ4v) is 2.16. The first-order valence-corrected chi connectivity index (χ1v) is 6.28. The predicted molar refractivity (Wildman–Crippen MR) is 69.3 cm³/mol. The first kappa shape index (κ1) is 12.0. The van der Waals surface area contributed by atoms with Crippen LogP contribution < -0.4 is 9.47 Å². The van der Waals surface area contributed by atoms with Crippen LogP contribution in [0.15, 0.2) is 30.6 Å². The standard InChI is InChI=1S/C14H16N2O3/c1-16-6-5-15-14(16)4-7-18-10-2-3-11-12(17)9-19-13(11)8-10/h2-3,5-6,8,12,17H,4,7,9H2,1H3. The number of aryl methyl sites for hydroxylation is 1. The van der Waals surface area contributed by atoms with E-state index in [9.17, 15) is 5.11 Å². The lowest BCUT2D eigenvalue weighted by atomic mass is 10.1. The molecule has 1 unspecified atom stereocenters. The molecule has 0 amide bonds. The van der Waals surface area contributed by atoms with Crippen molar-refractivity contribution in [3.63, 3.8) is 0 Å². The van der Waals surface area contributed by atoms with Crippen molar-refractivity contribution in [2.45, 2.75) is 12.5 Å². The van der Waals surface area contributed by atoms with E-state index in [-0.39, 0.29) is 0 Å². The molecule has 5 nitrogen and oxygen atoms in total. The Morgan fingerprint density at radius 2 is 2.42 bits per heavy atom. The van der Waals surface area contributed by atoms with E-state index >= 15 is 0 Å². The minimum Gasteiger partial charge on any atom is -0.493 e. The molecule has 0 bridgehead atoms. The van der Waals surface area contributed by atoms with Crippen LogP contribution in [0.25, 0.3) is 0 Å². The van der Waals surface area contributed by atoms with Gasteiger partial charge in [-0.15, -0.1) is 0 Å². The summed E-state index contributed by atoms with van der Waals surface area (Å²) in [5, 5.41) is 9.63. The molecule has 0 saturated carbocycles. The molecule has 1 atom stereocenters. The summed E-state index contributed by atoms with van der Waals surface area (Å²) >= 11 is 0. The van der Waals surface area contributed by atoms with Crippen LogP contribution in [0.3, 0.4) is 0 Å². The number of aliphatic hydroxyl groups excluding tert-OH is 1. The highest BCUT2D eigenvalue weighted by Crippen LogP contribution is 2.34. The van der Waals surface area contributed by atoms with Crippen molar-refractivity contribution in [3.8, 4) is 11.5 Å². The Morgan fingerprint density at radius 3 is 3.21 bits per heavy atom. The molecule has 5 heteroatoms. The third kappa shape index (κ3) is 2.42. The topological polar surface area (TPSA) is 56.5 Å². The van der Waals surface area contributed by atoms with Crippen molar-refractivity contribution >= 4 is 0 Å². The third-order valence-electron chi connectivity index (χ3n) is 3.26. The van der Waals surface area contributed by atoms with Crippen molar-refractivity contribution < 1.29 is 14.6 Å². The molecular weight excluding hydrogens is 244 g/mol. The van der Waals surface area contributed by atoms with Crippen molar-refractivity contribution in [2.24, 2.45) is 7.05 Å². The van der Waals surface area contributed by atoms with E-state index < -0.39 is 6.10 Å². The van der Waals surface area contributed by atoms with E-state index in [1.54, 1.807) is 6.20 Å². The average Bonchev–Trinajstić information content (AvgIpc) is 2.97. The number of hydrogen-bond donors (Lipinski definition) is 1. The molecule has 0 fully saturated rings. The summed E-state index contributed by atoms with van der Waals surface area (Å²) < 4.78 is 13.0. The van der Waals surface area contributed by atoms with Gasteiger partial charge in [0.1, 0.15) is 30.0 Å². The molecule has 1 aromatic heterocycles. The quantitative estimate of drug-likeness (QED) is 0.904. The van der Waals surface area contributed by atoms with E-state index in [4.69, 9.17) is 9.47 Å². The Balaban J connectivity index is 1.60. The number of hydrogen-bond acceptors (Lipinski definition) is 4. The molecular formula is C14H16N2O3. The van der Waals surface area contributed by atoms with Gasteiger partial charge in [-0.3, -0.25) is 0 Å². The van der Waals surface area contributed by atoms with Gasteiger partial charge in [-0.25, -0.2) is 4.98 Å². The third-order valence-corrected chi connectivity index (χ3v) is 3.26. The summed E-state index contributed by atoms with van der Waals surface area (Å²) in [6.45, 7) is 0.887. The minimum atomic E-state index is -0.517. The van der Waals surface area contributed by atoms with Crippen molar-refractivity contribution in [1.82, 2.24) is 9.55 Å². The maximum Gasteiger partial charge on any atom is 0.129 e. The second kappa shape index (κ2) is 4.93. The lowest BCUT2D eigenvalue weighted by Crippen LogP contribution is -2.06. The Morgan fingerprint density at radius 1 is 1.53 bits per heavy atom. The van der Waals surface area contributed by atoms with Gasteiger partial charge in [0, 0.05) is 37.5 Å². The highest BCUT2D eigenvalue weighted by molar-refractivity contribution is 5.44. The van der Waals surface area contributed by atoms with E-state index in [2.05, 4.69) is 4.98 Å². The number of rotatable bonds is 4. The summed E-state index contributed by atoms with van der Waals surface area (Å²) in [6, 6.07) is 5.53. The van der Waals surface area contributed by atoms with Crippen LogP contribution in [-0.2, 0) is 13.5 Å². The monoisotopic (exact) mass is 260 g/mol. The highest BCUT2D eigenvalue weighted by Gasteiger charge is 2.21. The second-order valence-electron chi connectivity index (χ2n) is 4.58. The second-order valence-corrected chi connectivity index (χ2v) is 4.58. The normalized spacial score (nSPS) is 17.1. The van der Waals surface area contributed by atoms with Gasteiger partial charge in [0.25, 0.3) is 0 Å². The molecule has 0 radical (unpaired) electrons. The van der Waals surface area contributed by atoms with Crippen LogP contribution in [0.2, 0.25) is 0 Å². The molecule has 1 aliphatic heterocycles. The van der Waals surface area contributed by atoms with E-state index in [1.807, 2.05) is 36.0 Å². The van der Waals surface area contributed by atoms with Crippen LogP contribution in [0, 0.1) is 0 Å². The number of aliphatic hydroxyl groups is 1. The number of imidazole rings is 1. The molecule has 2 heterocycles. The van der Waals surface area contributed by atoms with Gasteiger partial charge in [-0.05, 0) is 12.1 Å². The van der Waals surface area contributed by atoms with Crippen LogP contribution in [0.1, 0.15) is 17.5 Å². The maximum atomic E-state index is 9.63. The molecule has 0 aliphatic carbocycles. The minimum absolute atomic E-state index is 0.325. The number of fused-ring (bicyclic) bond motifs is 1. The van der Waals surface area contributed by atoms with Gasteiger partial charge in [-0.2, -0.15) is 0 Å². The van der Waals surface area contributed by atoms with Gasteiger partial charge >= 0.3 is 0 Å². The number of nitrogens with zero attached hydrogens (tertiary/aromatic N) is 2. The van der Waals surface area contributed by atoms with Crippen molar-refractivity contribution in [2.75, 3.05) is 13.2 Å². The highest BCUT2D eigenvalue weighted by atomic mass is 16.5. The van der Waals surface area contributed by atoms with Crippen LogP contribution in [0.5, 0.6) is 11.5 Å². The van der Waals surface area contributed by atoms with E-state index in [0.29, 0.717) is 19.0 Å². The molecule has 1 N–H and O–H groups in total.